The van der Waals surface area contributed by atoms with Gasteiger partial charge in [-0.15, -0.1) is 0 Å². The van der Waals surface area contributed by atoms with Crippen LogP contribution in [0, 0.1) is 12.7 Å². The minimum Gasteiger partial charge on any atom is -0.324 e. The van der Waals surface area contributed by atoms with E-state index in [9.17, 15) is 17.6 Å². The molecule has 2 aromatic carbocycles. The molecule has 1 amide bonds. The maximum Gasteiger partial charge on any atom is 0.232 e. The molecule has 0 aliphatic carbocycles. The SMILES string of the molecule is Cc1ccccc1CC(=O)Nc1cc(F)ccc1N(C)S(C)(=O)=O. The molecule has 0 aromatic heterocycles. The standard InChI is InChI=1S/C17H19FN2O3S/c1-12-6-4-5-7-13(12)10-17(21)19-15-11-14(18)8-9-16(15)20(2)24(3,22)23/h4-9,11H,10H2,1-3H3,(H,19,21). The van der Waals surface area contributed by atoms with Gasteiger partial charge in [-0.05, 0) is 36.2 Å². The summed E-state index contributed by atoms with van der Waals surface area (Å²) in [5, 5.41) is 2.60. The molecule has 0 fully saturated rings. The Morgan fingerprint density at radius 1 is 1.21 bits per heavy atom. The first kappa shape index (κ1) is 17.9. The van der Waals surface area contributed by atoms with Crippen LogP contribution in [-0.2, 0) is 21.2 Å². The molecule has 2 rings (SSSR count). The van der Waals surface area contributed by atoms with Gasteiger partial charge < -0.3 is 5.32 Å². The molecule has 0 radical (unpaired) electrons. The first-order valence-corrected chi connectivity index (χ1v) is 9.11. The minimum absolute atomic E-state index is 0.113. The predicted molar refractivity (Wildman–Crippen MR) is 93.2 cm³/mol. The molecule has 2 aromatic rings. The highest BCUT2D eigenvalue weighted by Crippen LogP contribution is 2.28. The van der Waals surface area contributed by atoms with Gasteiger partial charge in [0.1, 0.15) is 5.82 Å². The molecule has 0 saturated carbocycles. The number of benzene rings is 2. The van der Waals surface area contributed by atoms with Crippen LogP contribution in [0.25, 0.3) is 0 Å². The van der Waals surface area contributed by atoms with Gasteiger partial charge in [0, 0.05) is 7.05 Å². The minimum atomic E-state index is -3.53. The number of anilines is 2. The number of aryl methyl sites for hydroxylation is 1. The zero-order valence-electron chi connectivity index (χ0n) is 13.7. The summed E-state index contributed by atoms with van der Waals surface area (Å²) in [6, 6.07) is 11.0. The maximum atomic E-state index is 13.5. The summed E-state index contributed by atoms with van der Waals surface area (Å²) < 4.78 is 37.9. The quantitative estimate of drug-likeness (QED) is 0.902. The van der Waals surface area contributed by atoms with Crippen molar-refractivity contribution in [2.24, 2.45) is 0 Å². The summed E-state index contributed by atoms with van der Waals surface area (Å²) in [7, 11) is -2.19. The smallest absolute Gasteiger partial charge is 0.232 e. The van der Waals surface area contributed by atoms with Crippen LogP contribution in [0.15, 0.2) is 42.5 Å². The third-order valence-corrected chi connectivity index (χ3v) is 4.87. The largest absolute Gasteiger partial charge is 0.324 e. The van der Waals surface area contributed by atoms with Crippen molar-refractivity contribution in [1.82, 2.24) is 0 Å². The molecule has 0 bridgehead atoms. The lowest BCUT2D eigenvalue weighted by Crippen LogP contribution is -2.26. The molecule has 0 aliphatic rings. The number of sulfonamides is 1. The number of halogens is 1. The molecule has 0 aliphatic heterocycles. The average Bonchev–Trinajstić information content (AvgIpc) is 2.48. The van der Waals surface area contributed by atoms with E-state index in [0.29, 0.717) is 0 Å². The van der Waals surface area contributed by atoms with E-state index in [-0.39, 0.29) is 23.7 Å². The van der Waals surface area contributed by atoms with Crippen LogP contribution in [0.4, 0.5) is 15.8 Å². The van der Waals surface area contributed by atoms with Crippen LogP contribution >= 0.6 is 0 Å². The Morgan fingerprint density at radius 3 is 2.50 bits per heavy atom. The van der Waals surface area contributed by atoms with E-state index in [0.717, 1.165) is 33.8 Å². The number of carbonyl (C=O) groups is 1. The number of nitrogens with one attached hydrogen (secondary N) is 1. The van der Waals surface area contributed by atoms with Crippen molar-refractivity contribution in [3.63, 3.8) is 0 Å². The zero-order chi connectivity index (χ0) is 17.9. The van der Waals surface area contributed by atoms with Gasteiger partial charge in [0.05, 0.1) is 24.1 Å². The third kappa shape index (κ3) is 4.32. The van der Waals surface area contributed by atoms with Gasteiger partial charge in [-0.1, -0.05) is 24.3 Å². The molecule has 0 heterocycles. The first-order chi connectivity index (χ1) is 11.2. The van der Waals surface area contributed by atoms with Crippen LogP contribution in [0.5, 0.6) is 0 Å². The van der Waals surface area contributed by atoms with Gasteiger partial charge in [0.25, 0.3) is 0 Å². The van der Waals surface area contributed by atoms with Gasteiger partial charge in [-0.25, -0.2) is 12.8 Å². The number of rotatable bonds is 5. The Bertz CT molecular complexity index is 866. The highest BCUT2D eigenvalue weighted by Gasteiger charge is 2.18. The monoisotopic (exact) mass is 350 g/mol. The molecule has 0 spiro atoms. The van der Waals surface area contributed by atoms with Crippen LogP contribution < -0.4 is 9.62 Å². The first-order valence-electron chi connectivity index (χ1n) is 7.26. The van der Waals surface area contributed by atoms with E-state index in [1.807, 2.05) is 31.2 Å². The number of hydrogen-bond donors (Lipinski definition) is 1. The van der Waals surface area contributed by atoms with E-state index < -0.39 is 15.8 Å². The number of carbonyl (C=O) groups excluding carboxylic acids is 1. The fraction of sp³-hybridized carbons (Fsp3) is 0.235. The lowest BCUT2D eigenvalue weighted by molar-refractivity contribution is -0.115. The van der Waals surface area contributed by atoms with E-state index in [4.69, 9.17) is 0 Å². The maximum absolute atomic E-state index is 13.5. The molecule has 7 heteroatoms. The lowest BCUT2D eigenvalue weighted by Gasteiger charge is -2.20. The molecule has 128 valence electrons. The van der Waals surface area contributed by atoms with Crippen molar-refractivity contribution in [3.05, 3.63) is 59.4 Å². The number of amides is 1. The Hall–Kier alpha value is -2.41. The molecule has 5 nitrogen and oxygen atoms in total. The topological polar surface area (TPSA) is 66.5 Å². The van der Waals surface area contributed by atoms with E-state index in [1.54, 1.807) is 0 Å². The van der Waals surface area contributed by atoms with Crippen LogP contribution in [0.1, 0.15) is 11.1 Å². The number of nitrogens with zero attached hydrogens (tertiary/aromatic N) is 1. The molecular formula is C17H19FN2O3S. The van der Waals surface area contributed by atoms with Gasteiger partial charge in [-0.3, -0.25) is 9.10 Å². The van der Waals surface area contributed by atoms with Crippen molar-refractivity contribution in [2.75, 3.05) is 22.9 Å². The summed E-state index contributed by atoms with van der Waals surface area (Å²) >= 11 is 0. The molecule has 24 heavy (non-hydrogen) atoms. The zero-order valence-corrected chi connectivity index (χ0v) is 14.5. The van der Waals surface area contributed by atoms with Gasteiger partial charge in [0.2, 0.25) is 15.9 Å². The molecule has 0 unspecified atom stereocenters. The lowest BCUT2D eigenvalue weighted by atomic mass is 10.1. The Balaban J connectivity index is 2.27. The summed E-state index contributed by atoms with van der Waals surface area (Å²) in [4.78, 5) is 12.3. The van der Waals surface area contributed by atoms with E-state index in [2.05, 4.69) is 5.32 Å². The second-order valence-electron chi connectivity index (χ2n) is 5.54. The van der Waals surface area contributed by atoms with Crippen molar-refractivity contribution in [2.45, 2.75) is 13.3 Å². The predicted octanol–water partition coefficient (Wildman–Crippen LogP) is 2.71. The number of hydrogen-bond acceptors (Lipinski definition) is 3. The Kier molecular flexibility index (Phi) is 5.23. The van der Waals surface area contributed by atoms with Gasteiger partial charge in [-0.2, -0.15) is 0 Å². The molecule has 0 atom stereocenters. The van der Waals surface area contributed by atoms with Crippen molar-refractivity contribution in [1.29, 1.82) is 0 Å². The summed E-state index contributed by atoms with van der Waals surface area (Å²) in [6.07, 6.45) is 1.15. The summed E-state index contributed by atoms with van der Waals surface area (Å²) in [5.74, 6) is -0.912. The van der Waals surface area contributed by atoms with Crippen LogP contribution in [0.2, 0.25) is 0 Å². The third-order valence-electron chi connectivity index (χ3n) is 3.68. The van der Waals surface area contributed by atoms with Crippen molar-refractivity contribution >= 4 is 27.3 Å². The summed E-state index contributed by atoms with van der Waals surface area (Å²) in [6.45, 7) is 1.90. The second-order valence-corrected chi connectivity index (χ2v) is 7.56. The summed E-state index contributed by atoms with van der Waals surface area (Å²) in [5.41, 5.74) is 2.14. The molecule has 1 N–H and O–H groups in total. The fourth-order valence-corrected chi connectivity index (χ4v) is 2.75. The highest BCUT2D eigenvalue weighted by atomic mass is 32.2. The average molecular weight is 350 g/mol. The van der Waals surface area contributed by atoms with Gasteiger partial charge >= 0.3 is 0 Å². The van der Waals surface area contributed by atoms with Gasteiger partial charge in [0.15, 0.2) is 0 Å². The van der Waals surface area contributed by atoms with E-state index in [1.165, 1.54) is 13.1 Å². The Morgan fingerprint density at radius 2 is 1.88 bits per heavy atom. The highest BCUT2D eigenvalue weighted by molar-refractivity contribution is 7.92. The second kappa shape index (κ2) is 7.00. The van der Waals surface area contributed by atoms with Crippen molar-refractivity contribution in [3.8, 4) is 0 Å². The van der Waals surface area contributed by atoms with Crippen molar-refractivity contribution < 1.29 is 17.6 Å². The molecular weight excluding hydrogens is 331 g/mol. The molecule has 0 saturated heterocycles. The fourth-order valence-electron chi connectivity index (χ4n) is 2.24. The van der Waals surface area contributed by atoms with Crippen LogP contribution in [-0.4, -0.2) is 27.6 Å². The Labute approximate surface area is 141 Å². The van der Waals surface area contributed by atoms with Crippen LogP contribution in [0.3, 0.4) is 0 Å². The normalized spacial score (nSPS) is 11.2. The van der Waals surface area contributed by atoms with E-state index >= 15 is 0 Å².